The average molecular weight is 224 g/mol. The SMILES string of the molecule is CC(CN(C)C)NC1CCCC(C2CC2)C1. The van der Waals surface area contributed by atoms with Crippen LogP contribution < -0.4 is 5.32 Å². The molecule has 0 radical (unpaired) electrons. The molecule has 2 nitrogen and oxygen atoms in total. The number of nitrogens with one attached hydrogen (secondary N) is 1. The summed E-state index contributed by atoms with van der Waals surface area (Å²) in [5, 5.41) is 3.82. The Kier molecular flexibility index (Phi) is 4.26. The first-order valence-corrected chi connectivity index (χ1v) is 7.06. The molecule has 2 rings (SSSR count). The third-order valence-corrected chi connectivity index (χ3v) is 4.16. The highest BCUT2D eigenvalue weighted by molar-refractivity contribution is 4.88. The van der Waals surface area contributed by atoms with Gasteiger partial charge < -0.3 is 10.2 Å². The average Bonchev–Trinajstić information content (AvgIpc) is 2.99. The van der Waals surface area contributed by atoms with Crippen LogP contribution in [0.4, 0.5) is 0 Å². The highest BCUT2D eigenvalue weighted by Crippen LogP contribution is 2.43. The maximum atomic E-state index is 3.82. The van der Waals surface area contributed by atoms with Crippen LogP contribution >= 0.6 is 0 Å². The summed E-state index contributed by atoms with van der Waals surface area (Å²) in [6, 6.07) is 1.44. The van der Waals surface area contributed by atoms with E-state index < -0.39 is 0 Å². The molecular weight excluding hydrogens is 196 g/mol. The molecule has 3 atom stereocenters. The summed E-state index contributed by atoms with van der Waals surface area (Å²) in [4.78, 5) is 2.28. The quantitative estimate of drug-likeness (QED) is 0.772. The van der Waals surface area contributed by atoms with Gasteiger partial charge in [0.25, 0.3) is 0 Å². The van der Waals surface area contributed by atoms with Crippen LogP contribution in [0.3, 0.4) is 0 Å². The number of likely N-dealkylation sites (N-methyl/N-ethyl adjacent to an activating group) is 1. The molecule has 2 fully saturated rings. The summed E-state index contributed by atoms with van der Waals surface area (Å²) in [5.74, 6) is 2.16. The molecule has 0 saturated heterocycles. The molecule has 94 valence electrons. The van der Waals surface area contributed by atoms with Crippen LogP contribution in [0.5, 0.6) is 0 Å². The fourth-order valence-corrected chi connectivity index (χ4v) is 3.38. The largest absolute Gasteiger partial charge is 0.310 e. The number of nitrogens with zero attached hydrogens (tertiary/aromatic N) is 1. The van der Waals surface area contributed by atoms with Crippen LogP contribution in [0.2, 0.25) is 0 Å². The van der Waals surface area contributed by atoms with E-state index in [4.69, 9.17) is 0 Å². The molecule has 16 heavy (non-hydrogen) atoms. The Balaban J connectivity index is 1.71. The van der Waals surface area contributed by atoms with E-state index >= 15 is 0 Å². The predicted molar refractivity (Wildman–Crippen MR) is 69.6 cm³/mol. The Morgan fingerprint density at radius 3 is 2.50 bits per heavy atom. The van der Waals surface area contributed by atoms with Crippen molar-refractivity contribution in [1.29, 1.82) is 0 Å². The molecule has 2 aliphatic rings. The monoisotopic (exact) mass is 224 g/mol. The predicted octanol–water partition coefficient (Wildman–Crippen LogP) is 2.49. The summed E-state index contributed by atoms with van der Waals surface area (Å²) in [6.45, 7) is 3.48. The van der Waals surface area contributed by atoms with Gasteiger partial charge in [0.2, 0.25) is 0 Å². The van der Waals surface area contributed by atoms with Gasteiger partial charge in [0, 0.05) is 18.6 Å². The Morgan fingerprint density at radius 1 is 1.12 bits per heavy atom. The Bertz CT molecular complexity index is 211. The normalized spacial score (nSPS) is 33.0. The van der Waals surface area contributed by atoms with Crippen molar-refractivity contribution in [3.63, 3.8) is 0 Å². The van der Waals surface area contributed by atoms with Crippen LogP contribution in [0.1, 0.15) is 45.4 Å². The van der Waals surface area contributed by atoms with Gasteiger partial charge >= 0.3 is 0 Å². The minimum atomic E-state index is 0.637. The zero-order chi connectivity index (χ0) is 11.5. The van der Waals surface area contributed by atoms with E-state index in [1.54, 1.807) is 0 Å². The molecule has 2 heteroatoms. The Morgan fingerprint density at radius 2 is 1.88 bits per heavy atom. The number of hydrogen-bond donors (Lipinski definition) is 1. The van der Waals surface area contributed by atoms with Crippen molar-refractivity contribution < 1.29 is 0 Å². The number of hydrogen-bond acceptors (Lipinski definition) is 2. The summed E-state index contributed by atoms with van der Waals surface area (Å²) >= 11 is 0. The lowest BCUT2D eigenvalue weighted by Crippen LogP contribution is -2.44. The van der Waals surface area contributed by atoms with Gasteiger partial charge in [-0.15, -0.1) is 0 Å². The van der Waals surface area contributed by atoms with Crippen LogP contribution in [-0.2, 0) is 0 Å². The lowest BCUT2D eigenvalue weighted by atomic mass is 9.82. The fraction of sp³-hybridized carbons (Fsp3) is 1.00. The summed E-state index contributed by atoms with van der Waals surface area (Å²) < 4.78 is 0. The fourth-order valence-electron chi connectivity index (χ4n) is 3.38. The summed E-state index contributed by atoms with van der Waals surface area (Å²) in [7, 11) is 4.32. The van der Waals surface area contributed by atoms with Gasteiger partial charge in [0.1, 0.15) is 0 Å². The third-order valence-electron chi connectivity index (χ3n) is 4.16. The summed E-state index contributed by atoms with van der Waals surface area (Å²) in [6.07, 6.45) is 8.84. The van der Waals surface area contributed by atoms with Crippen LogP contribution in [0.15, 0.2) is 0 Å². The van der Waals surface area contributed by atoms with E-state index in [0.29, 0.717) is 6.04 Å². The van der Waals surface area contributed by atoms with Gasteiger partial charge in [-0.2, -0.15) is 0 Å². The van der Waals surface area contributed by atoms with E-state index in [-0.39, 0.29) is 0 Å². The van der Waals surface area contributed by atoms with Gasteiger partial charge in [-0.1, -0.05) is 12.8 Å². The molecule has 0 aromatic heterocycles. The maximum Gasteiger partial charge on any atom is 0.0169 e. The molecule has 0 bridgehead atoms. The molecule has 0 aromatic carbocycles. The van der Waals surface area contributed by atoms with Crippen molar-refractivity contribution in [3.8, 4) is 0 Å². The van der Waals surface area contributed by atoms with Crippen LogP contribution in [0, 0.1) is 11.8 Å². The lowest BCUT2D eigenvalue weighted by molar-refractivity contribution is 0.235. The van der Waals surface area contributed by atoms with E-state index in [1.165, 1.54) is 38.5 Å². The first-order chi connectivity index (χ1) is 7.65. The molecular formula is C14H28N2. The van der Waals surface area contributed by atoms with Crippen molar-refractivity contribution >= 4 is 0 Å². The summed E-state index contributed by atoms with van der Waals surface area (Å²) in [5.41, 5.74) is 0. The van der Waals surface area contributed by atoms with Crippen molar-refractivity contribution in [2.24, 2.45) is 11.8 Å². The standard InChI is InChI=1S/C14H28N2/c1-11(10-16(2)3)15-14-6-4-5-13(9-14)12-7-8-12/h11-15H,4-10H2,1-3H3. The van der Waals surface area contributed by atoms with Crippen LogP contribution in [-0.4, -0.2) is 37.6 Å². The van der Waals surface area contributed by atoms with E-state index in [9.17, 15) is 0 Å². The lowest BCUT2D eigenvalue weighted by Gasteiger charge is -2.32. The molecule has 0 aliphatic heterocycles. The zero-order valence-electron chi connectivity index (χ0n) is 11.2. The van der Waals surface area contributed by atoms with Gasteiger partial charge in [0.05, 0.1) is 0 Å². The maximum absolute atomic E-state index is 3.82. The molecule has 1 N–H and O–H groups in total. The van der Waals surface area contributed by atoms with Gasteiger partial charge in [-0.05, 0) is 58.5 Å². The van der Waals surface area contributed by atoms with Gasteiger partial charge in [-0.3, -0.25) is 0 Å². The topological polar surface area (TPSA) is 15.3 Å². The smallest absolute Gasteiger partial charge is 0.0169 e. The second kappa shape index (κ2) is 5.50. The highest BCUT2D eigenvalue weighted by Gasteiger charge is 2.34. The molecule has 2 saturated carbocycles. The Labute approximate surface area is 101 Å². The third kappa shape index (κ3) is 3.74. The van der Waals surface area contributed by atoms with E-state index in [1.807, 2.05) is 0 Å². The zero-order valence-corrected chi connectivity index (χ0v) is 11.2. The van der Waals surface area contributed by atoms with Gasteiger partial charge in [-0.25, -0.2) is 0 Å². The van der Waals surface area contributed by atoms with Crippen molar-refractivity contribution in [2.75, 3.05) is 20.6 Å². The second-order valence-corrected chi connectivity index (χ2v) is 6.29. The molecule has 0 aromatic rings. The molecule has 0 heterocycles. The van der Waals surface area contributed by atoms with Gasteiger partial charge in [0.15, 0.2) is 0 Å². The molecule has 3 unspecified atom stereocenters. The number of rotatable bonds is 5. The second-order valence-electron chi connectivity index (χ2n) is 6.29. The molecule has 0 amide bonds. The van der Waals surface area contributed by atoms with E-state index in [0.717, 1.165) is 24.4 Å². The highest BCUT2D eigenvalue weighted by atomic mass is 15.1. The Hall–Kier alpha value is -0.0800. The molecule has 0 spiro atoms. The van der Waals surface area contributed by atoms with Crippen molar-refractivity contribution in [2.45, 2.75) is 57.5 Å². The van der Waals surface area contributed by atoms with Crippen molar-refractivity contribution in [1.82, 2.24) is 10.2 Å². The minimum absolute atomic E-state index is 0.637. The van der Waals surface area contributed by atoms with E-state index in [2.05, 4.69) is 31.2 Å². The minimum Gasteiger partial charge on any atom is -0.310 e. The first kappa shape index (κ1) is 12.4. The molecule has 2 aliphatic carbocycles. The van der Waals surface area contributed by atoms with Crippen LogP contribution in [0.25, 0.3) is 0 Å². The first-order valence-electron chi connectivity index (χ1n) is 7.06. The van der Waals surface area contributed by atoms with Crippen molar-refractivity contribution in [3.05, 3.63) is 0 Å².